The largest absolute Gasteiger partial charge is 0.464 e. The Kier molecular flexibility index (Phi) is 10.4. The fourth-order valence-corrected chi connectivity index (χ4v) is 8.34. The van der Waals surface area contributed by atoms with Gasteiger partial charge in [-0.15, -0.1) is 0 Å². The van der Waals surface area contributed by atoms with Crippen molar-refractivity contribution in [3.63, 3.8) is 0 Å². The maximum atomic E-state index is 14.1. The Hall–Kier alpha value is -4.76. The lowest BCUT2D eigenvalue weighted by Crippen LogP contribution is -2.85. The Morgan fingerprint density at radius 2 is 1.40 bits per heavy atom. The second kappa shape index (κ2) is 14.0. The molecule has 0 amide bonds. The molecule has 2 bridgehead atoms. The highest BCUT2D eigenvalue weighted by Gasteiger charge is 2.89. The molecule has 2 heterocycles. The number of benzene rings is 1. The lowest BCUT2D eigenvalue weighted by atomic mass is 9.45. The zero-order valence-corrected chi connectivity index (χ0v) is 30.2. The summed E-state index contributed by atoms with van der Waals surface area (Å²) in [5.74, 6) is -7.48. The van der Waals surface area contributed by atoms with E-state index in [2.05, 4.69) is 0 Å². The minimum atomic E-state index is -2.36. The van der Waals surface area contributed by atoms with Crippen LogP contribution in [0.1, 0.15) is 82.7 Å². The van der Waals surface area contributed by atoms with Crippen molar-refractivity contribution in [3.8, 4) is 0 Å². The Balaban J connectivity index is 1.92. The molecule has 52 heavy (non-hydrogen) atoms. The number of carbonyl (C=O) groups excluding carboxylic acids is 6. The summed E-state index contributed by atoms with van der Waals surface area (Å²) in [6.07, 6.45) is -7.54. The van der Waals surface area contributed by atoms with Crippen LogP contribution in [-0.4, -0.2) is 94.9 Å². The van der Waals surface area contributed by atoms with Crippen LogP contribution < -0.4 is 0 Å². The second-order valence-corrected chi connectivity index (χ2v) is 14.5. The van der Waals surface area contributed by atoms with Crippen LogP contribution in [-0.2, 0) is 52.3 Å². The molecular formula is C37H44O15. The van der Waals surface area contributed by atoms with E-state index in [4.69, 9.17) is 37.6 Å². The van der Waals surface area contributed by atoms with Gasteiger partial charge >= 0.3 is 35.8 Å². The highest BCUT2D eigenvalue weighted by atomic mass is 16.7. The summed E-state index contributed by atoms with van der Waals surface area (Å²) < 4.78 is 48.4. The van der Waals surface area contributed by atoms with E-state index in [0.29, 0.717) is 0 Å². The molecule has 2 aliphatic carbocycles. The molecule has 1 aromatic heterocycles. The summed E-state index contributed by atoms with van der Waals surface area (Å²) in [6.45, 7) is 10.1. The van der Waals surface area contributed by atoms with Crippen LogP contribution in [0.15, 0.2) is 53.1 Å². The SMILES string of the molecule is CC(=O)O[C@H]1C[C@](C)(O)C23OC(C)(C)C([C@@H](OC(C)=O)[C@H](OC(=O)c4ccco4)[C@]2(COC(=O)C(C)C)[C@H]1OC(=O)c1ccccc1)[C@H]3OC(C)=O. The molecule has 1 aromatic carbocycles. The van der Waals surface area contributed by atoms with Crippen LogP contribution >= 0.6 is 0 Å². The van der Waals surface area contributed by atoms with Gasteiger partial charge in [0.25, 0.3) is 0 Å². The normalized spacial score (nSPS) is 32.9. The Bertz CT molecular complexity index is 1700. The summed E-state index contributed by atoms with van der Waals surface area (Å²) in [5, 5.41) is 12.8. The number of furan rings is 1. The number of hydrogen-bond acceptors (Lipinski definition) is 15. The quantitative estimate of drug-likeness (QED) is 0.276. The van der Waals surface area contributed by atoms with E-state index >= 15 is 0 Å². The smallest absolute Gasteiger partial charge is 0.374 e. The van der Waals surface area contributed by atoms with E-state index in [9.17, 15) is 33.9 Å². The van der Waals surface area contributed by atoms with E-state index in [1.807, 2.05) is 0 Å². The minimum absolute atomic E-state index is 0.0587. The van der Waals surface area contributed by atoms with Crippen LogP contribution in [0.25, 0.3) is 0 Å². The third-order valence-electron chi connectivity index (χ3n) is 10.1. The van der Waals surface area contributed by atoms with E-state index in [1.165, 1.54) is 37.5 Å². The highest BCUT2D eigenvalue weighted by Crippen LogP contribution is 2.69. The number of esters is 6. The summed E-state index contributed by atoms with van der Waals surface area (Å²) in [4.78, 5) is 80.1. The van der Waals surface area contributed by atoms with Gasteiger partial charge in [0.15, 0.2) is 17.8 Å². The summed E-state index contributed by atoms with van der Waals surface area (Å²) >= 11 is 0. The van der Waals surface area contributed by atoms with E-state index < -0.39 is 113 Å². The van der Waals surface area contributed by atoms with Gasteiger partial charge in [0.1, 0.15) is 30.3 Å². The molecule has 5 rings (SSSR count). The standard InChI is InChI=1S/C37H44O15/c1-19(2)31(41)46-18-36-28(50-32(42)23-13-10-9-11-14-23)25(47-20(3)38)17-35(8,44)37(36)29(49-22(5)40)26(34(6,7)52-37)27(48-21(4)39)30(36)51-33(43)24-15-12-16-45-24/h9-16,19,25-30,44H,17-18H2,1-8H3/t25-,26?,27+,28-,29+,30-,35-,36-,37?/m0/s1. The zero-order chi connectivity index (χ0) is 38.4. The van der Waals surface area contributed by atoms with Crippen LogP contribution in [0.2, 0.25) is 0 Å². The number of ether oxygens (including phenoxy) is 7. The summed E-state index contributed by atoms with van der Waals surface area (Å²) in [7, 11) is 0. The molecule has 2 unspecified atom stereocenters. The first-order chi connectivity index (χ1) is 24.3. The average Bonchev–Trinajstić information content (AvgIpc) is 3.65. The monoisotopic (exact) mass is 728 g/mol. The highest BCUT2D eigenvalue weighted by molar-refractivity contribution is 5.89. The fraction of sp³-hybridized carbons (Fsp3) is 0.568. The molecule has 1 N–H and O–H groups in total. The van der Waals surface area contributed by atoms with Gasteiger partial charge in [-0.1, -0.05) is 32.0 Å². The van der Waals surface area contributed by atoms with Crippen molar-refractivity contribution in [3.05, 3.63) is 60.1 Å². The maximum Gasteiger partial charge on any atom is 0.374 e. The van der Waals surface area contributed by atoms with Crippen molar-refractivity contribution in [1.29, 1.82) is 0 Å². The number of rotatable bonds is 10. The molecule has 1 aliphatic heterocycles. The van der Waals surface area contributed by atoms with Gasteiger partial charge in [-0.3, -0.25) is 19.2 Å². The average molecular weight is 729 g/mol. The van der Waals surface area contributed by atoms with Gasteiger partial charge in [0.2, 0.25) is 5.76 Å². The van der Waals surface area contributed by atoms with Gasteiger partial charge in [-0.05, 0) is 45.0 Å². The first-order valence-corrected chi connectivity index (χ1v) is 16.9. The Labute approximate surface area is 300 Å². The lowest BCUT2D eigenvalue weighted by Gasteiger charge is -2.66. The van der Waals surface area contributed by atoms with Gasteiger partial charge in [-0.2, -0.15) is 0 Å². The third-order valence-corrected chi connectivity index (χ3v) is 10.1. The molecule has 1 spiro atoms. The molecule has 3 aliphatic rings. The molecule has 15 nitrogen and oxygen atoms in total. The van der Waals surface area contributed by atoms with Crippen molar-refractivity contribution in [2.24, 2.45) is 17.3 Å². The van der Waals surface area contributed by atoms with Gasteiger partial charge in [0, 0.05) is 27.2 Å². The Morgan fingerprint density at radius 1 is 0.788 bits per heavy atom. The molecule has 2 saturated carbocycles. The number of carbonyl (C=O) groups is 6. The molecule has 9 atom stereocenters. The van der Waals surface area contributed by atoms with E-state index in [0.717, 1.165) is 20.8 Å². The van der Waals surface area contributed by atoms with Gasteiger partial charge in [-0.25, -0.2) is 9.59 Å². The van der Waals surface area contributed by atoms with Crippen molar-refractivity contribution in [2.45, 2.75) is 109 Å². The minimum Gasteiger partial charge on any atom is -0.464 e. The van der Waals surface area contributed by atoms with E-state index in [1.54, 1.807) is 45.9 Å². The van der Waals surface area contributed by atoms with Gasteiger partial charge < -0.3 is 42.7 Å². The summed E-state index contributed by atoms with van der Waals surface area (Å²) in [6, 6.07) is 10.5. The van der Waals surface area contributed by atoms with E-state index in [-0.39, 0.29) is 11.3 Å². The van der Waals surface area contributed by atoms with Crippen LogP contribution in [0.5, 0.6) is 0 Å². The molecule has 15 heteroatoms. The number of fused-ring (bicyclic) bond motifs is 1. The van der Waals surface area contributed by atoms with Crippen molar-refractivity contribution in [2.75, 3.05) is 6.61 Å². The number of aliphatic hydroxyl groups is 1. The predicted molar refractivity (Wildman–Crippen MR) is 175 cm³/mol. The first-order valence-electron chi connectivity index (χ1n) is 16.9. The molecular weight excluding hydrogens is 684 g/mol. The van der Waals surface area contributed by atoms with Crippen LogP contribution in [0.3, 0.4) is 0 Å². The predicted octanol–water partition coefficient (Wildman–Crippen LogP) is 3.34. The topological polar surface area (TPSA) is 200 Å². The molecule has 0 radical (unpaired) electrons. The molecule has 1 saturated heterocycles. The molecule has 2 aromatic rings. The second-order valence-electron chi connectivity index (χ2n) is 14.5. The molecule has 282 valence electrons. The van der Waals surface area contributed by atoms with Crippen molar-refractivity contribution >= 4 is 35.8 Å². The molecule has 3 fully saturated rings. The van der Waals surface area contributed by atoms with Crippen LogP contribution in [0, 0.1) is 17.3 Å². The summed E-state index contributed by atoms with van der Waals surface area (Å²) in [5.41, 5.74) is -8.28. The first kappa shape index (κ1) is 38.5. The fourth-order valence-electron chi connectivity index (χ4n) is 8.34. The van der Waals surface area contributed by atoms with Crippen molar-refractivity contribution in [1.82, 2.24) is 0 Å². The number of hydrogen-bond donors (Lipinski definition) is 1. The third kappa shape index (κ3) is 6.44. The Morgan fingerprint density at radius 3 is 1.96 bits per heavy atom. The van der Waals surface area contributed by atoms with Crippen molar-refractivity contribution < 1.29 is 71.4 Å². The lowest BCUT2D eigenvalue weighted by molar-refractivity contribution is -0.362. The van der Waals surface area contributed by atoms with Crippen LogP contribution in [0.4, 0.5) is 0 Å². The maximum absolute atomic E-state index is 14.1. The van der Waals surface area contributed by atoms with Gasteiger partial charge in [0.05, 0.1) is 34.9 Å². The zero-order valence-electron chi connectivity index (χ0n) is 30.2.